The molecule has 1 amide bonds. The Hall–Kier alpha value is -2.90. The zero-order chi connectivity index (χ0) is 16.7. The van der Waals surface area contributed by atoms with Crippen molar-refractivity contribution in [2.75, 3.05) is 21.3 Å². The molecule has 1 heterocycles. The van der Waals surface area contributed by atoms with Crippen molar-refractivity contribution in [1.82, 2.24) is 10.3 Å². The van der Waals surface area contributed by atoms with Crippen LogP contribution in [0.1, 0.15) is 21.7 Å². The lowest BCUT2D eigenvalue weighted by molar-refractivity contribution is -0.136. The van der Waals surface area contributed by atoms with Crippen LogP contribution in [0.15, 0.2) is 17.8 Å². The third-order valence-electron chi connectivity index (χ3n) is 2.51. The van der Waals surface area contributed by atoms with Crippen LogP contribution in [0.2, 0.25) is 0 Å². The Morgan fingerprint density at radius 1 is 1.09 bits per heavy atom. The molecule has 0 aromatic carbocycles. The Balaban J connectivity index is 3.24. The maximum absolute atomic E-state index is 11.6. The fourth-order valence-electron chi connectivity index (χ4n) is 1.57. The first kappa shape index (κ1) is 17.2. The van der Waals surface area contributed by atoms with Crippen LogP contribution >= 0.6 is 0 Å². The smallest absolute Gasteiger partial charge is 0.411 e. The summed E-state index contributed by atoms with van der Waals surface area (Å²) in [7, 11) is 3.58. The Kier molecular flexibility index (Phi) is 6.06. The number of carbonyl (C=O) groups is 3. The molecule has 0 aliphatic carbocycles. The van der Waals surface area contributed by atoms with E-state index in [9.17, 15) is 14.4 Å². The predicted molar refractivity (Wildman–Crippen MR) is 75.8 cm³/mol. The van der Waals surface area contributed by atoms with Gasteiger partial charge < -0.3 is 14.2 Å². The van der Waals surface area contributed by atoms with E-state index in [1.165, 1.54) is 32.4 Å². The maximum atomic E-state index is 11.6. The minimum absolute atomic E-state index is 0.178. The van der Waals surface area contributed by atoms with Crippen LogP contribution in [0, 0.1) is 6.92 Å². The molecule has 0 fully saturated rings. The van der Waals surface area contributed by atoms with Crippen LogP contribution in [0.5, 0.6) is 0 Å². The Bertz CT molecular complexity index is 624. The molecule has 0 unspecified atom stereocenters. The fraction of sp³-hybridized carbons (Fsp3) is 0.286. The lowest BCUT2D eigenvalue weighted by Crippen LogP contribution is -2.27. The highest BCUT2D eigenvalue weighted by Crippen LogP contribution is 2.11. The van der Waals surface area contributed by atoms with Gasteiger partial charge in [0.25, 0.3) is 0 Å². The van der Waals surface area contributed by atoms with Crippen LogP contribution in [0.25, 0.3) is 6.08 Å². The summed E-state index contributed by atoms with van der Waals surface area (Å²) in [6, 6.07) is 2.95. The number of nitrogens with one attached hydrogen (secondary N) is 1. The van der Waals surface area contributed by atoms with E-state index < -0.39 is 18.0 Å². The number of esters is 2. The molecule has 22 heavy (non-hydrogen) atoms. The average molecular weight is 308 g/mol. The number of aromatic nitrogens is 1. The Morgan fingerprint density at radius 2 is 1.77 bits per heavy atom. The summed E-state index contributed by atoms with van der Waals surface area (Å²) in [5, 5.41) is 2.22. The average Bonchev–Trinajstić information content (AvgIpc) is 2.51. The first-order valence-electron chi connectivity index (χ1n) is 6.13. The SMILES string of the molecule is COC(=O)N/C(=C/c1cc(C(=O)OC)cc(C)n1)C(=O)OC. The summed E-state index contributed by atoms with van der Waals surface area (Å²) in [4.78, 5) is 38.6. The van der Waals surface area contributed by atoms with Gasteiger partial charge in [-0.15, -0.1) is 0 Å². The lowest BCUT2D eigenvalue weighted by atomic mass is 10.2. The third-order valence-corrected chi connectivity index (χ3v) is 2.51. The molecule has 0 saturated heterocycles. The molecule has 1 rings (SSSR count). The number of carbonyl (C=O) groups excluding carboxylic acids is 3. The molecule has 1 N–H and O–H groups in total. The van der Waals surface area contributed by atoms with Gasteiger partial charge in [0.2, 0.25) is 0 Å². The van der Waals surface area contributed by atoms with Crippen LogP contribution in [0.4, 0.5) is 4.79 Å². The van der Waals surface area contributed by atoms with E-state index in [2.05, 4.69) is 24.5 Å². The van der Waals surface area contributed by atoms with Crippen molar-refractivity contribution < 1.29 is 28.6 Å². The molecule has 0 atom stereocenters. The fourth-order valence-corrected chi connectivity index (χ4v) is 1.57. The number of aryl methyl sites for hydroxylation is 1. The van der Waals surface area contributed by atoms with E-state index in [0.29, 0.717) is 5.69 Å². The highest BCUT2D eigenvalue weighted by Gasteiger charge is 2.15. The zero-order valence-corrected chi connectivity index (χ0v) is 12.6. The monoisotopic (exact) mass is 308 g/mol. The molecule has 0 radical (unpaired) electrons. The number of hydrogen-bond donors (Lipinski definition) is 1. The van der Waals surface area contributed by atoms with Crippen LogP contribution in [0.3, 0.4) is 0 Å². The first-order chi connectivity index (χ1) is 10.4. The molecular formula is C14H16N2O6. The standard InChI is InChI=1S/C14H16N2O6/c1-8-5-9(12(17)20-2)6-10(15-8)7-11(13(18)21-3)16-14(19)22-4/h5-7H,1-4H3,(H,16,19)/b11-7+. The number of hydrogen-bond acceptors (Lipinski definition) is 7. The molecular weight excluding hydrogens is 292 g/mol. The second kappa shape index (κ2) is 7.77. The number of nitrogens with zero attached hydrogens (tertiary/aromatic N) is 1. The van der Waals surface area contributed by atoms with Crippen molar-refractivity contribution in [1.29, 1.82) is 0 Å². The number of amides is 1. The highest BCUT2D eigenvalue weighted by atomic mass is 16.5. The number of ether oxygens (including phenoxy) is 3. The van der Waals surface area contributed by atoms with Crippen LogP contribution in [-0.4, -0.2) is 44.3 Å². The van der Waals surface area contributed by atoms with Crippen LogP contribution in [-0.2, 0) is 19.0 Å². The quantitative estimate of drug-likeness (QED) is 0.503. The second-order valence-electron chi connectivity index (χ2n) is 4.08. The van der Waals surface area contributed by atoms with Gasteiger partial charge in [-0.25, -0.2) is 14.4 Å². The van der Waals surface area contributed by atoms with Crippen LogP contribution < -0.4 is 5.32 Å². The Morgan fingerprint density at radius 3 is 2.32 bits per heavy atom. The topological polar surface area (TPSA) is 104 Å². The summed E-state index contributed by atoms with van der Waals surface area (Å²) in [5.41, 5.74) is 0.903. The minimum Gasteiger partial charge on any atom is -0.465 e. The van der Waals surface area contributed by atoms with Crippen molar-refractivity contribution in [2.45, 2.75) is 6.92 Å². The summed E-state index contributed by atoms with van der Waals surface area (Å²) >= 11 is 0. The maximum Gasteiger partial charge on any atom is 0.411 e. The zero-order valence-electron chi connectivity index (χ0n) is 12.6. The summed E-state index contributed by atoms with van der Waals surface area (Å²) in [6.45, 7) is 1.68. The van der Waals surface area contributed by atoms with Crippen molar-refractivity contribution in [3.8, 4) is 0 Å². The first-order valence-corrected chi connectivity index (χ1v) is 6.13. The lowest BCUT2D eigenvalue weighted by Gasteiger charge is -2.08. The summed E-state index contributed by atoms with van der Waals surface area (Å²) in [5.74, 6) is -1.32. The molecule has 1 aromatic heterocycles. The van der Waals surface area contributed by atoms with E-state index in [1.807, 2.05) is 0 Å². The molecule has 0 aliphatic heterocycles. The van der Waals surface area contributed by atoms with Gasteiger partial charge in [-0.3, -0.25) is 10.3 Å². The van der Waals surface area contributed by atoms with E-state index in [1.54, 1.807) is 6.92 Å². The third kappa shape index (κ3) is 4.58. The number of rotatable bonds is 4. The summed E-state index contributed by atoms with van der Waals surface area (Å²) < 4.78 is 13.6. The van der Waals surface area contributed by atoms with Gasteiger partial charge in [-0.05, 0) is 25.1 Å². The highest BCUT2D eigenvalue weighted by molar-refractivity contribution is 5.97. The van der Waals surface area contributed by atoms with E-state index >= 15 is 0 Å². The van der Waals surface area contributed by atoms with E-state index in [0.717, 1.165) is 7.11 Å². The molecule has 0 saturated carbocycles. The Labute approximate surface area is 127 Å². The molecule has 8 heteroatoms. The van der Waals surface area contributed by atoms with Gasteiger partial charge in [-0.1, -0.05) is 0 Å². The molecule has 0 bridgehead atoms. The van der Waals surface area contributed by atoms with Crippen molar-refractivity contribution in [3.05, 3.63) is 34.8 Å². The van der Waals surface area contributed by atoms with Gasteiger partial charge in [0.05, 0.1) is 32.6 Å². The molecule has 0 aliphatic rings. The van der Waals surface area contributed by atoms with Gasteiger partial charge in [0.15, 0.2) is 0 Å². The number of pyridine rings is 1. The largest absolute Gasteiger partial charge is 0.465 e. The molecule has 1 aromatic rings. The second-order valence-corrected chi connectivity index (χ2v) is 4.08. The van der Waals surface area contributed by atoms with Crippen molar-refractivity contribution in [3.63, 3.8) is 0 Å². The van der Waals surface area contributed by atoms with Gasteiger partial charge in [0, 0.05) is 5.69 Å². The minimum atomic E-state index is -0.836. The molecule has 8 nitrogen and oxygen atoms in total. The van der Waals surface area contributed by atoms with Gasteiger partial charge in [-0.2, -0.15) is 0 Å². The van der Waals surface area contributed by atoms with E-state index in [4.69, 9.17) is 0 Å². The number of alkyl carbamates (subject to hydrolysis) is 1. The van der Waals surface area contributed by atoms with Crippen molar-refractivity contribution in [2.24, 2.45) is 0 Å². The van der Waals surface area contributed by atoms with Gasteiger partial charge in [0.1, 0.15) is 5.70 Å². The number of methoxy groups -OCH3 is 3. The summed E-state index contributed by atoms with van der Waals surface area (Å²) in [6.07, 6.45) is 0.430. The molecule has 118 valence electrons. The molecule has 0 spiro atoms. The van der Waals surface area contributed by atoms with Crippen molar-refractivity contribution >= 4 is 24.1 Å². The van der Waals surface area contributed by atoms with E-state index in [-0.39, 0.29) is 17.0 Å². The van der Waals surface area contributed by atoms with Gasteiger partial charge >= 0.3 is 18.0 Å². The normalized spacial score (nSPS) is 10.6. The predicted octanol–water partition coefficient (Wildman–Crippen LogP) is 1.05.